The summed E-state index contributed by atoms with van der Waals surface area (Å²) in [6, 6.07) is 9.60. The third-order valence-electron chi connectivity index (χ3n) is 2.94. The number of hydrogen-bond acceptors (Lipinski definition) is 3. The number of thioether (sulfide) groups is 1. The van der Waals surface area contributed by atoms with Crippen LogP contribution in [0.25, 0.3) is 0 Å². The third kappa shape index (κ3) is 2.52. The molecule has 18 heavy (non-hydrogen) atoms. The monoisotopic (exact) mass is 280 g/mol. The molecule has 0 aromatic heterocycles. The van der Waals surface area contributed by atoms with Gasteiger partial charge in [0, 0.05) is 12.6 Å². The van der Waals surface area contributed by atoms with Crippen LogP contribution in [0.2, 0.25) is 0 Å². The van der Waals surface area contributed by atoms with Gasteiger partial charge >= 0.3 is 0 Å². The SMILES string of the molecule is CN1C(=S)SC(C)(C)C1/[N+]([O-])=C/c1ccccc1. The van der Waals surface area contributed by atoms with Gasteiger partial charge in [0.1, 0.15) is 9.07 Å². The molecular formula is C13H16N2OS2. The van der Waals surface area contributed by atoms with Crippen LogP contribution in [0.1, 0.15) is 19.4 Å². The summed E-state index contributed by atoms with van der Waals surface area (Å²) >= 11 is 6.83. The minimum atomic E-state index is -0.268. The fourth-order valence-corrected chi connectivity index (χ4v) is 3.96. The van der Waals surface area contributed by atoms with Crippen LogP contribution in [0, 0.1) is 5.21 Å². The summed E-state index contributed by atoms with van der Waals surface area (Å²) in [6.07, 6.45) is 1.35. The van der Waals surface area contributed by atoms with E-state index in [9.17, 15) is 5.21 Å². The third-order valence-corrected chi connectivity index (χ3v) is 4.68. The predicted molar refractivity (Wildman–Crippen MR) is 81.1 cm³/mol. The average Bonchev–Trinajstić information content (AvgIpc) is 2.49. The Morgan fingerprint density at radius 2 is 2.00 bits per heavy atom. The molecule has 0 saturated carbocycles. The largest absolute Gasteiger partial charge is 0.622 e. The molecule has 1 aromatic rings. The van der Waals surface area contributed by atoms with Crippen molar-refractivity contribution in [1.82, 2.24) is 4.90 Å². The standard InChI is InChI=1S/C13H16N2OS2/c1-13(2)11(14(3)12(17)18-13)15(16)9-10-7-5-4-6-8-10/h4-9,11H,1-3H3/b15-9-. The van der Waals surface area contributed by atoms with Gasteiger partial charge in [0.25, 0.3) is 6.17 Å². The maximum Gasteiger partial charge on any atom is 0.254 e. The molecule has 2 rings (SSSR count). The highest BCUT2D eigenvalue weighted by Crippen LogP contribution is 2.40. The van der Waals surface area contributed by atoms with Crippen LogP contribution in [0.5, 0.6) is 0 Å². The first-order valence-electron chi connectivity index (χ1n) is 5.73. The number of hydrogen-bond donors (Lipinski definition) is 0. The molecule has 1 aliphatic heterocycles. The zero-order chi connectivity index (χ0) is 13.3. The van der Waals surface area contributed by atoms with Crippen LogP contribution >= 0.6 is 24.0 Å². The molecule has 96 valence electrons. The first-order valence-corrected chi connectivity index (χ1v) is 6.95. The normalized spacial score (nSPS) is 23.5. The first kappa shape index (κ1) is 13.4. The number of benzene rings is 1. The van der Waals surface area contributed by atoms with E-state index in [2.05, 4.69) is 0 Å². The van der Waals surface area contributed by atoms with Crippen LogP contribution in [0.3, 0.4) is 0 Å². The highest BCUT2D eigenvalue weighted by molar-refractivity contribution is 8.24. The van der Waals surface area contributed by atoms with E-state index in [4.69, 9.17) is 12.2 Å². The van der Waals surface area contributed by atoms with Gasteiger partial charge in [0.2, 0.25) is 0 Å². The molecule has 1 unspecified atom stereocenters. The number of rotatable bonds is 2. The van der Waals surface area contributed by atoms with Gasteiger partial charge in [-0.15, -0.1) is 0 Å². The smallest absolute Gasteiger partial charge is 0.254 e. The number of nitrogens with zero attached hydrogens (tertiary/aromatic N) is 2. The van der Waals surface area contributed by atoms with E-state index in [-0.39, 0.29) is 10.9 Å². The Morgan fingerprint density at radius 1 is 1.39 bits per heavy atom. The number of thiocarbonyl (C=S) groups is 1. The minimum absolute atomic E-state index is 0.209. The quantitative estimate of drug-likeness (QED) is 0.274. The summed E-state index contributed by atoms with van der Waals surface area (Å²) in [6.45, 7) is 4.09. The lowest BCUT2D eigenvalue weighted by Crippen LogP contribution is -2.46. The molecule has 0 aliphatic carbocycles. The van der Waals surface area contributed by atoms with Crippen molar-refractivity contribution in [2.75, 3.05) is 7.05 Å². The molecule has 3 nitrogen and oxygen atoms in total. The Balaban J connectivity index is 2.31. The molecule has 0 spiro atoms. The molecule has 0 bridgehead atoms. The van der Waals surface area contributed by atoms with Gasteiger partial charge in [-0.25, -0.2) is 0 Å². The van der Waals surface area contributed by atoms with Crippen LogP contribution in [-0.4, -0.2) is 38.1 Å². The van der Waals surface area contributed by atoms with Gasteiger partial charge < -0.3 is 10.1 Å². The van der Waals surface area contributed by atoms with Gasteiger partial charge in [-0.2, -0.15) is 4.74 Å². The summed E-state index contributed by atoms with van der Waals surface area (Å²) in [5, 5.41) is 12.3. The van der Waals surface area contributed by atoms with Crippen molar-refractivity contribution in [3.63, 3.8) is 0 Å². The predicted octanol–water partition coefficient (Wildman–Crippen LogP) is 2.68. The molecule has 1 atom stereocenters. The highest BCUT2D eigenvalue weighted by Gasteiger charge is 2.48. The van der Waals surface area contributed by atoms with Crippen molar-refractivity contribution in [3.8, 4) is 0 Å². The average molecular weight is 280 g/mol. The van der Waals surface area contributed by atoms with Crippen LogP contribution in [0.4, 0.5) is 0 Å². The summed E-state index contributed by atoms with van der Waals surface area (Å²) < 4.78 is 1.56. The minimum Gasteiger partial charge on any atom is -0.622 e. The Bertz CT molecular complexity index is 485. The maximum atomic E-state index is 12.3. The van der Waals surface area contributed by atoms with E-state index in [0.717, 1.165) is 14.6 Å². The van der Waals surface area contributed by atoms with Crippen molar-refractivity contribution in [3.05, 3.63) is 41.1 Å². The van der Waals surface area contributed by atoms with Crippen LogP contribution in [-0.2, 0) is 0 Å². The van der Waals surface area contributed by atoms with Crippen molar-refractivity contribution >= 4 is 34.5 Å². The Morgan fingerprint density at radius 3 is 2.50 bits per heavy atom. The van der Waals surface area contributed by atoms with Crippen LogP contribution < -0.4 is 0 Å². The lowest BCUT2D eigenvalue weighted by atomic mass is 10.1. The molecule has 0 radical (unpaired) electrons. The van der Waals surface area contributed by atoms with Crippen molar-refractivity contribution in [1.29, 1.82) is 0 Å². The fraction of sp³-hybridized carbons (Fsp3) is 0.385. The molecule has 0 amide bonds. The van der Waals surface area contributed by atoms with E-state index >= 15 is 0 Å². The topological polar surface area (TPSA) is 29.3 Å². The molecule has 1 aliphatic rings. The Labute approximate surface area is 117 Å². The van der Waals surface area contributed by atoms with Gasteiger partial charge in [-0.05, 0) is 26.0 Å². The Kier molecular flexibility index (Phi) is 3.64. The van der Waals surface area contributed by atoms with Gasteiger partial charge in [0.15, 0.2) is 6.21 Å². The molecule has 1 heterocycles. The highest BCUT2D eigenvalue weighted by atomic mass is 32.2. The van der Waals surface area contributed by atoms with E-state index < -0.39 is 0 Å². The van der Waals surface area contributed by atoms with E-state index in [1.807, 2.05) is 56.1 Å². The van der Waals surface area contributed by atoms with Gasteiger partial charge in [-0.3, -0.25) is 0 Å². The van der Waals surface area contributed by atoms with Crippen LogP contribution in [0.15, 0.2) is 30.3 Å². The summed E-state index contributed by atoms with van der Waals surface area (Å²) in [7, 11) is 1.87. The first-order chi connectivity index (χ1) is 8.42. The molecule has 1 saturated heterocycles. The summed E-state index contributed by atoms with van der Waals surface area (Å²) in [5.74, 6) is 0. The lowest BCUT2D eigenvalue weighted by Gasteiger charge is -2.27. The number of hydroxylamine groups is 1. The second kappa shape index (κ2) is 4.90. The molecule has 5 heteroatoms. The van der Waals surface area contributed by atoms with Crippen molar-refractivity contribution in [2.45, 2.75) is 24.8 Å². The van der Waals surface area contributed by atoms with Crippen molar-refractivity contribution < 1.29 is 4.74 Å². The second-order valence-corrected chi connectivity index (χ2v) is 7.14. The van der Waals surface area contributed by atoms with Crippen molar-refractivity contribution in [2.24, 2.45) is 0 Å². The summed E-state index contributed by atoms with van der Waals surface area (Å²) in [5.41, 5.74) is 0.902. The van der Waals surface area contributed by atoms with E-state index in [1.54, 1.807) is 18.0 Å². The molecule has 1 fully saturated rings. The summed E-state index contributed by atoms with van der Waals surface area (Å²) in [4.78, 5) is 1.87. The van der Waals surface area contributed by atoms with Gasteiger partial charge in [-0.1, -0.05) is 42.2 Å². The molecule has 1 aromatic carbocycles. The zero-order valence-electron chi connectivity index (χ0n) is 10.7. The maximum absolute atomic E-state index is 12.3. The molecular weight excluding hydrogens is 264 g/mol. The Hall–Kier alpha value is -1.07. The fourth-order valence-electron chi connectivity index (χ4n) is 2.15. The second-order valence-electron chi connectivity index (χ2n) is 4.86. The zero-order valence-corrected chi connectivity index (χ0v) is 12.3. The van der Waals surface area contributed by atoms with Gasteiger partial charge in [0.05, 0.1) is 0 Å². The van der Waals surface area contributed by atoms with E-state index in [0.29, 0.717) is 0 Å². The van der Waals surface area contributed by atoms with E-state index in [1.165, 1.54) is 0 Å². The lowest BCUT2D eigenvalue weighted by molar-refractivity contribution is -0.522. The molecule has 0 N–H and O–H groups in total.